The lowest BCUT2D eigenvalue weighted by molar-refractivity contribution is 0.669. The minimum Gasteiger partial charge on any atom is -0.456 e. The summed E-state index contributed by atoms with van der Waals surface area (Å²) in [6.07, 6.45) is 0. The van der Waals surface area contributed by atoms with Crippen LogP contribution in [0.3, 0.4) is 0 Å². The van der Waals surface area contributed by atoms with E-state index in [1.54, 1.807) is 4.90 Å². The molecule has 2 heteroatoms. The Hall–Kier alpha value is -6.64. The van der Waals surface area contributed by atoms with Crippen LogP contribution in [0.25, 0.3) is 76.5 Å². The van der Waals surface area contributed by atoms with Gasteiger partial charge in [-0.05, 0) is 92.2 Å². The minimum absolute atomic E-state index is 0.0211. The predicted molar refractivity (Wildman–Crippen MR) is 212 cm³/mol. The number of furan rings is 1. The summed E-state index contributed by atoms with van der Waals surface area (Å²) >= 11 is 0. The van der Waals surface area contributed by atoms with Gasteiger partial charge in [-0.15, -0.1) is 0 Å². The highest BCUT2D eigenvalue weighted by molar-refractivity contribution is 6.36. The van der Waals surface area contributed by atoms with E-state index < -0.39 is 78.6 Å². The Kier molecular flexibility index (Phi) is 4.19. The summed E-state index contributed by atoms with van der Waals surface area (Å²) in [7, 11) is 0. The Labute approximate surface area is 308 Å². The van der Waals surface area contributed by atoms with Crippen molar-refractivity contribution >= 4 is 71.3 Å². The molecule has 0 saturated heterocycles. The van der Waals surface area contributed by atoms with Crippen LogP contribution in [0.15, 0.2) is 192 Å². The van der Waals surface area contributed by atoms with Gasteiger partial charge < -0.3 is 9.32 Å². The molecule has 0 bridgehead atoms. The Bertz CT molecular complexity index is 3490. The normalized spacial score (nSPS) is 15.2. The van der Waals surface area contributed by atoms with Crippen molar-refractivity contribution < 1.29 is 22.2 Å². The molecule has 1 aromatic heterocycles. The zero-order valence-electron chi connectivity index (χ0n) is 39.2. The van der Waals surface area contributed by atoms with Gasteiger partial charge in [0.25, 0.3) is 0 Å². The molecular weight excluding hydrogens is 607 g/mol. The summed E-state index contributed by atoms with van der Waals surface area (Å²) in [5.74, 6) is 0. The monoisotopic (exact) mass is 650 g/mol. The van der Waals surface area contributed by atoms with Crippen LogP contribution in [-0.4, -0.2) is 0 Å². The molecule has 10 aromatic rings. The van der Waals surface area contributed by atoms with Gasteiger partial charge in [-0.2, -0.15) is 0 Å². The maximum Gasteiger partial charge on any atom is 0.136 e. The summed E-state index contributed by atoms with van der Waals surface area (Å²) in [6, 6.07) is 27.1. The highest BCUT2D eigenvalue weighted by Gasteiger charge is 2.21. The fourth-order valence-corrected chi connectivity index (χ4v) is 6.85. The Balaban J connectivity index is 1.45. The number of fused-ring (bicyclic) bond motifs is 10. The van der Waals surface area contributed by atoms with Crippen molar-refractivity contribution in [3.63, 3.8) is 0 Å². The third-order valence-corrected chi connectivity index (χ3v) is 9.12. The number of anilines is 3. The van der Waals surface area contributed by atoms with Gasteiger partial charge in [0.1, 0.15) is 11.2 Å². The Morgan fingerprint density at radius 3 is 1.52 bits per heavy atom. The first-order valence-corrected chi connectivity index (χ1v) is 16.0. The number of benzene rings is 9. The van der Waals surface area contributed by atoms with E-state index in [1.807, 2.05) is 109 Å². The number of nitrogens with zero attached hydrogens (tertiary/aromatic N) is 1. The van der Waals surface area contributed by atoms with E-state index >= 15 is 0 Å². The smallest absolute Gasteiger partial charge is 0.136 e. The SMILES string of the molecule is [2H]c1c([2H])c([2H])c2c(oc3c([2H])c([2H])c4c5c(N(c6ccc(-c7ccccc7)cc6)c6ccc(-c7ccccc7)cc6)c([2H])c([2H])c([2H])c5c5c([2H])c([2H])c([2H])c([2H])c5c4c32)c1[2H]. The summed E-state index contributed by atoms with van der Waals surface area (Å²) in [5, 5.41) is -1.05. The second-order valence-corrected chi connectivity index (χ2v) is 11.9. The first-order valence-electron chi connectivity index (χ1n) is 22.5. The molecule has 0 unspecified atom stereocenters. The standard InChI is InChI=1S/C48H31NO/c1-3-12-32(13-4-1)34-22-26-36(27-23-34)49(37-28-24-35(25-29-37)33-14-5-2-6-15-33)43-20-11-19-39-38-16-7-8-17-40(38)47-42(46(39)43)30-31-45-48(47)41-18-9-10-21-44(41)50-45/h1-31H/i7D,8D,9D,10D,11D,16D,17D,18D,19D,20D,21D,30D,31D. The quantitative estimate of drug-likeness (QED) is 0.172. The molecule has 10 rings (SSSR count). The predicted octanol–water partition coefficient (Wildman–Crippen LogP) is 13.8. The lowest BCUT2D eigenvalue weighted by Gasteiger charge is -2.28. The van der Waals surface area contributed by atoms with E-state index in [0.717, 1.165) is 22.3 Å². The molecule has 0 atom stereocenters. The van der Waals surface area contributed by atoms with Crippen LogP contribution >= 0.6 is 0 Å². The summed E-state index contributed by atoms with van der Waals surface area (Å²) < 4.78 is 125. The van der Waals surface area contributed by atoms with Crippen molar-refractivity contribution in [2.75, 3.05) is 4.90 Å². The van der Waals surface area contributed by atoms with Gasteiger partial charge in [-0.25, -0.2) is 0 Å². The van der Waals surface area contributed by atoms with Gasteiger partial charge in [-0.1, -0.05) is 139 Å². The van der Waals surface area contributed by atoms with Crippen LogP contribution in [0, 0.1) is 0 Å². The van der Waals surface area contributed by atoms with E-state index in [9.17, 15) is 9.60 Å². The van der Waals surface area contributed by atoms with Crippen molar-refractivity contribution in [3.05, 3.63) is 188 Å². The van der Waals surface area contributed by atoms with E-state index in [2.05, 4.69) is 0 Å². The molecule has 50 heavy (non-hydrogen) atoms. The number of hydrogen-bond acceptors (Lipinski definition) is 2. The molecule has 1 heterocycles. The third-order valence-electron chi connectivity index (χ3n) is 9.12. The van der Waals surface area contributed by atoms with Crippen molar-refractivity contribution in [1.29, 1.82) is 0 Å². The zero-order valence-corrected chi connectivity index (χ0v) is 26.2. The molecule has 0 fully saturated rings. The molecule has 0 N–H and O–H groups in total. The average Bonchev–Trinajstić information content (AvgIpc) is 3.72. The molecule has 0 radical (unpaired) electrons. The number of para-hydroxylation sites is 1. The largest absolute Gasteiger partial charge is 0.456 e. The van der Waals surface area contributed by atoms with Gasteiger partial charge >= 0.3 is 0 Å². The molecule has 2 nitrogen and oxygen atoms in total. The highest BCUT2D eigenvalue weighted by atomic mass is 16.3. The van der Waals surface area contributed by atoms with Crippen LogP contribution in [0.1, 0.15) is 17.8 Å². The van der Waals surface area contributed by atoms with Gasteiger partial charge in [0.2, 0.25) is 0 Å². The van der Waals surface area contributed by atoms with E-state index in [4.69, 9.17) is 12.6 Å². The van der Waals surface area contributed by atoms with Crippen LogP contribution in [0.5, 0.6) is 0 Å². The van der Waals surface area contributed by atoms with Crippen LogP contribution < -0.4 is 4.90 Å². The second kappa shape index (κ2) is 11.5. The number of hydrogen-bond donors (Lipinski definition) is 0. The molecular formula is C48H31NO. The molecule has 9 aromatic carbocycles. The molecule has 0 aliphatic rings. The van der Waals surface area contributed by atoms with Crippen LogP contribution in [0.4, 0.5) is 17.1 Å². The highest BCUT2D eigenvalue weighted by Crippen LogP contribution is 2.48. The lowest BCUT2D eigenvalue weighted by Crippen LogP contribution is -2.10. The first kappa shape index (κ1) is 18.2. The first-order chi connectivity index (χ1) is 30.2. The number of rotatable bonds is 5. The summed E-state index contributed by atoms with van der Waals surface area (Å²) in [4.78, 5) is 1.70. The topological polar surface area (TPSA) is 16.4 Å². The molecule has 0 spiro atoms. The zero-order chi connectivity index (χ0) is 44.3. The summed E-state index contributed by atoms with van der Waals surface area (Å²) in [5.41, 5.74) is 4.03. The molecule has 0 aliphatic heterocycles. The van der Waals surface area contributed by atoms with Gasteiger partial charge in [0, 0.05) is 32.9 Å². The van der Waals surface area contributed by atoms with Crippen LogP contribution in [0.2, 0.25) is 0 Å². The molecule has 234 valence electrons. The molecule has 0 aliphatic carbocycles. The van der Waals surface area contributed by atoms with Gasteiger partial charge in [-0.3, -0.25) is 0 Å². The molecule has 0 saturated carbocycles. The van der Waals surface area contributed by atoms with Crippen molar-refractivity contribution in [2.24, 2.45) is 0 Å². The maximum absolute atomic E-state index is 9.73. The van der Waals surface area contributed by atoms with Crippen LogP contribution in [-0.2, 0) is 0 Å². The van der Waals surface area contributed by atoms with E-state index in [-0.39, 0.29) is 59.9 Å². The fraction of sp³-hybridized carbons (Fsp3) is 0. The summed E-state index contributed by atoms with van der Waals surface area (Å²) in [6.45, 7) is 0. The minimum atomic E-state index is -0.647. The fourth-order valence-electron chi connectivity index (χ4n) is 6.85. The Morgan fingerprint density at radius 2 is 0.880 bits per heavy atom. The maximum atomic E-state index is 9.73. The third kappa shape index (κ3) is 4.50. The molecule has 0 amide bonds. The van der Waals surface area contributed by atoms with Crippen molar-refractivity contribution in [2.45, 2.75) is 0 Å². The van der Waals surface area contributed by atoms with Gasteiger partial charge in [0.05, 0.1) is 23.5 Å². The average molecular weight is 651 g/mol. The van der Waals surface area contributed by atoms with Gasteiger partial charge in [0.15, 0.2) is 0 Å². The van der Waals surface area contributed by atoms with Crippen molar-refractivity contribution in [1.82, 2.24) is 0 Å². The second-order valence-electron chi connectivity index (χ2n) is 11.9. The van der Waals surface area contributed by atoms with E-state index in [1.165, 1.54) is 0 Å². The lowest BCUT2D eigenvalue weighted by atomic mass is 9.90. The Morgan fingerprint density at radius 1 is 0.360 bits per heavy atom. The van der Waals surface area contributed by atoms with E-state index in [0.29, 0.717) is 11.4 Å². The van der Waals surface area contributed by atoms with Crippen molar-refractivity contribution in [3.8, 4) is 22.3 Å².